The first-order chi connectivity index (χ1) is 22.7. The minimum absolute atomic E-state index is 0.0728. The molecule has 0 aliphatic heterocycles. The van der Waals surface area contributed by atoms with Gasteiger partial charge in [-0.2, -0.15) is 0 Å². The van der Waals surface area contributed by atoms with Gasteiger partial charge in [-0.3, -0.25) is 4.79 Å². The van der Waals surface area contributed by atoms with Gasteiger partial charge in [0.1, 0.15) is 0 Å². The lowest BCUT2D eigenvalue weighted by Crippen LogP contribution is -2.45. The van der Waals surface area contributed by atoms with Crippen molar-refractivity contribution < 1.29 is 15.0 Å². The maximum absolute atomic E-state index is 12.3. The first kappa shape index (κ1) is 44.4. The fraction of sp³-hybridized carbons (Fsp3) is 0.786. The predicted molar refractivity (Wildman–Crippen MR) is 202 cm³/mol. The average molecular weight is 644 g/mol. The van der Waals surface area contributed by atoms with Crippen molar-refractivity contribution in [2.45, 2.75) is 206 Å². The van der Waals surface area contributed by atoms with Crippen LogP contribution in [0.1, 0.15) is 194 Å². The molecule has 0 radical (unpaired) electrons. The third-order valence-electron chi connectivity index (χ3n) is 8.85. The van der Waals surface area contributed by atoms with Crippen molar-refractivity contribution in [3.05, 3.63) is 48.6 Å². The number of rotatable bonds is 35. The number of unbranched alkanes of at least 4 members (excludes halogenated alkanes) is 20. The number of hydrogen-bond acceptors (Lipinski definition) is 3. The molecule has 0 aromatic rings. The molecular weight excluding hydrogens is 566 g/mol. The van der Waals surface area contributed by atoms with E-state index in [1.807, 2.05) is 0 Å². The summed E-state index contributed by atoms with van der Waals surface area (Å²) >= 11 is 0. The Morgan fingerprint density at radius 1 is 0.543 bits per heavy atom. The number of hydrogen-bond donors (Lipinski definition) is 3. The fourth-order valence-electron chi connectivity index (χ4n) is 5.82. The van der Waals surface area contributed by atoms with Crippen molar-refractivity contribution in [1.82, 2.24) is 5.32 Å². The molecule has 0 spiro atoms. The van der Waals surface area contributed by atoms with Crippen molar-refractivity contribution >= 4 is 5.91 Å². The van der Waals surface area contributed by atoms with Crippen LogP contribution in [0.4, 0.5) is 0 Å². The molecule has 0 aliphatic carbocycles. The largest absolute Gasteiger partial charge is 0.394 e. The Bertz CT molecular complexity index is 741. The quantitative estimate of drug-likeness (QED) is 0.0475. The summed E-state index contributed by atoms with van der Waals surface area (Å²) in [5, 5.41) is 23.1. The van der Waals surface area contributed by atoms with E-state index in [0.717, 1.165) is 57.8 Å². The van der Waals surface area contributed by atoms with Crippen LogP contribution in [-0.4, -0.2) is 34.9 Å². The molecule has 0 saturated carbocycles. The number of carbonyl (C=O) groups excluding carboxylic acids is 1. The lowest BCUT2D eigenvalue weighted by molar-refractivity contribution is -0.123. The molecule has 268 valence electrons. The highest BCUT2D eigenvalue weighted by atomic mass is 16.3. The second-order valence-electron chi connectivity index (χ2n) is 13.3. The summed E-state index contributed by atoms with van der Waals surface area (Å²) < 4.78 is 0. The van der Waals surface area contributed by atoms with Crippen LogP contribution >= 0.6 is 0 Å². The van der Waals surface area contributed by atoms with E-state index in [1.54, 1.807) is 0 Å². The maximum Gasteiger partial charge on any atom is 0.220 e. The smallest absolute Gasteiger partial charge is 0.220 e. The third-order valence-corrected chi connectivity index (χ3v) is 8.85. The minimum Gasteiger partial charge on any atom is -0.394 e. The lowest BCUT2D eigenvalue weighted by atomic mass is 10.0. The Balaban J connectivity index is 3.60. The molecule has 3 N–H and O–H groups in total. The number of amides is 1. The van der Waals surface area contributed by atoms with Crippen molar-refractivity contribution in [2.24, 2.45) is 0 Å². The number of carbonyl (C=O) groups is 1. The van der Waals surface area contributed by atoms with E-state index < -0.39 is 12.1 Å². The normalized spacial score (nSPS) is 13.6. The van der Waals surface area contributed by atoms with Crippen LogP contribution in [0, 0.1) is 0 Å². The molecule has 0 aromatic heterocycles. The molecule has 0 rings (SSSR count). The molecule has 0 bridgehead atoms. The molecule has 1 amide bonds. The van der Waals surface area contributed by atoms with Crippen molar-refractivity contribution in [3.8, 4) is 0 Å². The SMILES string of the molecule is CC/C=C\C/C=C\C/C=C\C/C=C\CCCCC(=O)NC(CO)C(O)CCCCCCCCCCCCCCCCCCCCC. The van der Waals surface area contributed by atoms with Gasteiger partial charge in [0.05, 0.1) is 18.8 Å². The van der Waals surface area contributed by atoms with Gasteiger partial charge in [0.25, 0.3) is 0 Å². The highest BCUT2D eigenvalue weighted by molar-refractivity contribution is 5.76. The van der Waals surface area contributed by atoms with Gasteiger partial charge >= 0.3 is 0 Å². The predicted octanol–water partition coefficient (Wildman–Crippen LogP) is 12.0. The fourth-order valence-corrected chi connectivity index (χ4v) is 5.82. The van der Waals surface area contributed by atoms with E-state index in [0.29, 0.717) is 12.8 Å². The van der Waals surface area contributed by atoms with Gasteiger partial charge in [-0.1, -0.05) is 184 Å². The average Bonchev–Trinajstić information content (AvgIpc) is 3.06. The van der Waals surface area contributed by atoms with E-state index in [4.69, 9.17) is 0 Å². The molecule has 0 aliphatic rings. The second-order valence-corrected chi connectivity index (χ2v) is 13.3. The Hall–Kier alpha value is -1.65. The van der Waals surface area contributed by atoms with Gasteiger partial charge in [0.15, 0.2) is 0 Å². The Labute approximate surface area is 286 Å². The van der Waals surface area contributed by atoms with E-state index >= 15 is 0 Å². The van der Waals surface area contributed by atoms with Gasteiger partial charge in [-0.05, 0) is 51.4 Å². The summed E-state index contributed by atoms with van der Waals surface area (Å²) in [6.07, 6.45) is 50.3. The highest BCUT2D eigenvalue weighted by Gasteiger charge is 2.19. The summed E-state index contributed by atoms with van der Waals surface area (Å²) in [6, 6.07) is -0.558. The van der Waals surface area contributed by atoms with E-state index in [1.165, 1.54) is 109 Å². The topological polar surface area (TPSA) is 69.6 Å². The van der Waals surface area contributed by atoms with Gasteiger partial charge in [-0.15, -0.1) is 0 Å². The molecule has 46 heavy (non-hydrogen) atoms. The van der Waals surface area contributed by atoms with Crippen molar-refractivity contribution in [2.75, 3.05) is 6.61 Å². The van der Waals surface area contributed by atoms with Crippen LogP contribution in [-0.2, 0) is 4.79 Å². The zero-order valence-corrected chi connectivity index (χ0v) is 30.6. The first-order valence-corrected chi connectivity index (χ1v) is 19.8. The van der Waals surface area contributed by atoms with Crippen LogP contribution < -0.4 is 5.32 Å². The summed E-state index contributed by atoms with van der Waals surface area (Å²) in [4.78, 5) is 12.3. The summed E-state index contributed by atoms with van der Waals surface area (Å²) in [6.45, 7) is 4.22. The number of allylic oxidation sites excluding steroid dienone is 8. The second kappa shape index (κ2) is 37.8. The molecule has 0 saturated heterocycles. The molecular formula is C42H77NO3. The minimum atomic E-state index is -0.677. The Kier molecular flexibility index (Phi) is 36.4. The molecule has 0 heterocycles. The summed E-state index contributed by atoms with van der Waals surface area (Å²) in [5.41, 5.74) is 0. The Morgan fingerprint density at radius 2 is 0.957 bits per heavy atom. The first-order valence-electron chi connectivity index (χ1n) is 19.8. The maximum atomic E-state index is 12.3. The van der Waals surface area contributed by atoms with Crippen LogP contribution in [0.5, 0.6) is 0 Å². The summed E-state index contributed by atoms with van der Waals surface area (Å²) in [7, 11) is 0. The van der Waals surface area contributed by atoms with Gasteiger partial charge < -0.3 is 15.5 Å². The third kappa shape index (κ3) is 33.7. The molecule has 0 fully saturated rings. The zero-order valence-electron chi connectivity index (χ0n) is 30.6. The number of nitrogens with one attached hydrogen (secondary N) is 1. The van der Waals surface area contributed by atoms with Crippen LogP contribution in [0.3, 0.4) is 0 Å². The van der Waals surface area contributed by atoms with Crippen LogP contribution in [0.25, 0.3) is 0 Å². The van der Waals surface area contributed by atoms with Crippen LogP contribution in [0.2, 0.25) is 0 Å². The summed E-state index contributed by atoms with van der Waals surface area (Å²) in [5.74, 6) is -0.0728. The van der Waals surface area contributed by atoms with Crippen molar-refractivity contribution in [3.63, 3.8) is 0 Å². The van der Waals surface area contributed by atoms with Crippen molar-refractivity contribution in [1.29, 1.82) is 0 Å². The monoisotopic (exact) mass is 644 g/mol. The standard InChI is InChI=1S/C42H77NO3/c1-3-5-7-9-11-13-15-17-19-20-21-22-24-25-27-29-31-33-35-37-41(45)40(39-44)43-42(46)38-36-34-32-30-28-26-23-18-16-14-12-10-8-6-4-2/h6,8,12,14,18,23,28,30,40-41,44-45H,3-5,7,9-11,13,15-17,19-22,24-27,29,31-39H2,1-2H3,(H,43,46)/b8-6-,14-12-,23-18-,30-28-. The van der Waals surface area contributed by atoms with E-state index in [9.17, 15) is 15.0 Å². The Morgan fingerprint density at radius 3 is 1.39 bits per heavy atom. The molecule has 4 heteroatoms. The van der Waals surface area contributed by atoms with Gasteiger partial charge in [-0.25, -0.2) is 0 Å². The zero-order chi connectivity index (χ0) is 33.6. The van der Waals surface area contributed by atoms with Gasteiger partial charge in [0, 0.05) is 6.42 Å². The lowest BCUT2D eigenvalue weighted by Gasteiger charge is -2.22. The highest BCUT2D eigenvalue weighted by Crippen LogP contribution is 2.15. The molecule has 0 aromatic carbocycles. The molecule has 2 atom stereocenters. The van der Waals surface area contributed by atoms with Crippen LogP contribution in [0.15, 0.2) is 48.6 Å². The van der Waals surface area contributed by atoms with E-state index in [-0.39, 0.29) is 12.5 Å². The van der Waals surface area contributed by atoms with E-state index in [2.05, 4.69) is 67.8 Å². The molecule has 2 unspecified atom stereocenters. The van der Waals surface area contributed by atoms with Gasteiger partial charge in [0.2, 0.25) is 5.91 Å². The number of aliphatic hydroxyl groups excluding tert-OH is 2. The molecule has 4 nitrogen and oxygen atoms in total. The number of aliphatic hydroxyl groups is 2.